The van der Waals surface area contributed by atoms with Crippen LogP contribution >= 0.6 is 0 Å². The zero-order valence-electron chi connectivity index (χ0n) is 20.2. The van der Waals surface area contributed by atoms with Gasteiger partial charge in [-0.05, 0) is 58.2 Å². The summed E-state index contributed by atoms with van der Waals surface area (Å²) in [7, 11) is 1.66. The summed E-state index contributed by atoms with van der Waals surface area (Å²) < 4.78 is 34.6. The van der Waals surface area contributed by atoms with Crippen LogP contribution < -0.4 is 10.6 Å². The fourth-order valence-electron chi connectivity index (χ4n) is 3.81. The van der Waals surface area contributed by atoms with Crippen molar-refractivity contribution in [2.75, 3.05) is 18.4 Å². The molecule has 186 valence electrons. The molecule has 1 aromatic heterocycles. The van der Waals surface area contributed by atoms with E-state index in [4.69, 9.17) is 4.74 Å². The summed E-state index contributed by atoms with van der Waals surface area (Å²) in [6, 6.07) is 1.84. The molecular formula is C23H32F2N6O3. The van der Waals surface area contributed by atoms with E-state index in [1.54, 1.807) is 18.9 Å². The number of carbonyl (C=O) groups excluding carboxylic acids is 2. The zero-order chi connectivity index (χ0) is 25.0. The number of benzene rings is 1. The lowest BCUT2D eigenvalue weighted by Gasteiger charge is -2.32. The fourth-order valence-corrected chi connectivity index (χ4v) is 3.81. The Morgan fingerprint density at radius 3 is 2.53 bits per heavy atom. The molecule has 0 bridgehead atoms. The second-order valence-corrected chi connectivity index (χ2v) is 9.38. The quantitative estimate of drug-likeness (QED) is 0.660. The summed E-state index contributed by atoms with van der Waals surface area (Å²) in [6.45, 7) is 8.31. The van der Waals surface area contributed by atoms with Crippen molar-refractivity contribution in [2.45, 2.75) is 64.5 Å². The van der Waals surface area contributed by atoms with Crippen molar-refractivity contribution in [2.24, 2.45) is 7.05 Å². The number of hydrogen-bond acceptors (Lipinski definition) is 5. The number of halogens is 2. The number of anilines is 1. The third-order valence-electron chi connectivity index (χ3n) is 5.56. The number of likely N-dealkylation sites (tertiary alicyclic amines) is 1. The maximum atomic E-state index is 14.1. The highest BCUT2D eigenvalue weighted by atomic mass is 19.1. The van der Waals surface area contributed by atoms with Crippen LogP contribution in [0.4, 0.5) is 24.3 Å². The Morgan fingerprint density at radius 1 is 1.24 bits per heavy atom. The highest BCUT2D eigenvalue weighted by Crippen LogP contribution is 2.27. The number of urea groups is 1. The first-order chi connectivity index (χ1) is 16.0. The maximum Gasteiger partial charge on any atom is 0.410 e. The van der Waals surface area contributed by atoms with Crippen LogP contribution in [0.25, 0.3) is 0 Å². The Kier molecular flexibility index (Phi) is 7.73. The van der Waals surface area contributed by atoms with Gasteiger partial charge in [0.05, 0.1) is 6.04 Å². The average molecular weight is 479 g/mol. The number of amides is 3. The normalized spacial score (nSPS) is 15.7. The van der Waals surface area contributed by atoms with Gasteiger partial charge < -0.3 is 15.0 Å². The Labute approximate surface area is 197 Å². The summed E-state index contributed by atoms with van der Waals surface area (Å²) in [4.78, 5) is 30.9. The lowest BCUT2D eigenvalue weighted by molar-refractivity contribution is 0.0203. The predicted octanol–water partition coefficient (Wildman–Crippen LogP) is 4.48. The Morgan fingerprint density at radius 2 is 1.91 bits per heavy atom. The second kappa shape index (κ2) is 10.4. The van der Waals surface area contributed by atoms with E-state index in [0.29, 0.717) is 38.2 Å². The van der Waals surface area contributed by atoms with Gasteiger partial charge in [0.1, 0.15) is 17.2 Å². The average Bonchev–Trinajstić information content (AvgIpc) is 3.13. The summed E-state index contributed by atoms with van der Waals surface area (Å²) in [5, 5.41) is 9.70. The van der Waals surface area contributed by atoms with Crippen LogP contribution in [0.3, 0.4) is 0 Å². The Bertz CT molecular complexity index is 1030. The maximum absolute atomic E-state index is 14.1. The van der Waals surface area contributed by atoms with Crippen LogP contribution in [0.2, 0.25) is 0 Å². The minimum atomic E-state index is -0.708. The zero-order valence-corrected chi connectivity index (χ0v) is 20.2. The number of rotatable bonds is 5. The van der Waals surface area contributed by atoms with Gasteiger partial charge in [0.25, 0.3) is 0 Å². The van der Waals surface area contributed by atoms with Gasteiger partial charge in [-0.25, -0.2) is 23.1 Å². The van der Waals surface area contributed by atoms with Crippen LogP contribution in [0.5, 0.6) is 0 Å². The molecule has 1 unspecified atom stereocenters. The van der Waals surface area contributed by atoms with Crippen LogP contribution in [0.1, 0.15) is 70.3 Å². The molecule has 0 saturated carbocycles. The van der Waals surface area contributed by atoms with Crippen molar-refractivity contribution < 1.29 is 23.1 Å². The largest absolute Gasteiger partial charge is 0.444 e. The van der Waals surface area contributed by atoms with Gasteiger partial charge in [0.2, 0.25) is 5.95 Å². The van der Waals surface area contributed by atoms with E-state index in [1.807, 2.05) is 20.8 Å². The molecule has 0 spiro atoms. The van der Waals surface area contributed by atoms with Gasteiger partial charge in [-0.1, -0.05) is 6.92 Å². The van der Waals surface area contributed by atoms with E-state index >= 15 is 0 Å². The topological polar surface area (TPSA) is 101 Å². The van der Waals surface area contributed by atoms with E-state index < -0.39 is 29.3 Å². The highest BCUT2D eigenvalue weighted by Gasteiger charge is 2.30. The summed E-state index contributed by atoms with van der Waals surface area (Å²) >= 11 is 0. The number of aromatic nitrogens is 3. The molecule has 1 atom stereocenters. The number of nitrogens with one attached hydrogen (secondary N) is 2. The van der Waals surface area contributed by atoms with Crippen molar-refractivity contribution >= 4 is 18.1 Å². The van der Waals surface area contributed by atoms with Gasteiger partial charge in [-0.2, -0.15) is 10.1 Å². The van der Waals surface area contributed by atoms with E-state index in [0.717, 1.165) is 18.2 Å². The lowest BCUT2D eigenvalue weighted by Crippen LogP contribution is -2.41. The molecule has 0 radical (unpaired) electrons. The van der Waals surface area contributed by atoms with Crippen molar-refractivity contribution in [3.63, 3.8) is 0 Å². The molecule has 11 heteroatoms. The van der Waals surface area contributed by atoms with Crippen molar-refractivity contribution in [3.8, 4) is 0 Å². The molecule has 3 amide bonds. The third-order valence-corrected chi connectivity index (χ3v) is 5.56. The smallest absolute Gasteiger partial charge is 0.410 e. The first-order valence-electron chi connectivity index (χ1n) is 11.4. The molecule has 2 heterocycles. The first-order valence-corrected chi connectivity index (χ1v) is 11.4. The molecule has 2 aromatic rings. The number of nitrogens with zero attached hydrogens (tertiary/aromatic N) is 4. The van der Waals surface area contributed by atoms with Crippen LogP contribution in [0.15, 0.2) is 18.2 Å². The van der Waals surface area contributed by atoms with Crippen LogP contribution in [-0.4, -0.2) is 50.5 Å². The molecule has 1 saturated heterocycles. The second-order valence-electron chi connectivity index (χ2n) is 9.38. The fraction of sp³-hybridized carbons (Fsp3) is 0.565. The van der Waals surface area contributed by atoms with Crippen LogP contribution in [-0.2, 0) is 11.8 Å². The van der Waals surface area contributed by atoms with Gasteiger partial charge in [0, 0.05) is 31.6 Å². The first kappa shape index (κ1) is 25.4. The van der Waals surface area contributed by atoms with Crippen molar-refractivity contribution in [3.05, 3.63) is 41.2 Å². The minimum absolute atomic E-state index is 0.0354. The number of ether oxygens (including phenoxy) is 1. The molecule has 1 aromatic carbocycles. The summed E-state index contributed by atoms with van der Waals surface area (Å²) in [5.74, 6) is -0.324. The van der Waals surface area contributed by atoms with Crippen molar-refractivity contribution in [1.29, 1.82) is 0 Å². The Hall–Kier alpha value is -3.24. The molecule has 1 aliphatic rings. The van der Waals surface area contributed by atoms with Gasteiger partial charge in [-0.15, -0.1) is 0 Å². The molecule has 3 rings (SSSR count). The third kappa shape index (κ3) is 6.42. The number of hydrogen-bond donors (Lipinski definition) is 2. The van der Waals surface area contributed by atoms with E-state index in [2.05, 4.69) is 20.7 Å². The summed E-state index contributed by atoms with van der Waals surface area (Å²) in [6.07, 6.45) is 1.38. The highest BCUT2D eigenvalue weighted by molar-refractivity contribution is 5.87. The minimum Gasteiger partial charge on any atom is -0.444 e. The van der Waals surface area contributed by atoms with Gasteiger partial charge >= 0.3 is 12.1 Å². The molecule has 1 fully saturated rings. The Balaban J connectivity index is 1.59. The molecule has 1 aliphatic heterocycles. The van der Waals surface area contributed by atoms with Gasteiger partial charge in [0.15, 0.2) is 5.82 Å². The number of aryl methyl sites for hydroxylation is 1. The molecule has 34 heavy (non-hydrogen) atoms. The summed E-state index contributed by atoms with van der Waals surface area (Å²) in [5.41, 5.74) is -0.470. The standard InChI is InChI=1S/C23H32F2N6O3/c1-6-18(16-13-15(24)7-8-17(16)25)26-21(32)28-20-27-19(29-30(20)5)14-9-11-31(12-10-14)22(33)34-23(2,3)4/h7-8,13-14,18H,6,9-12H2,1-5H3,(H2,26,27,28,29,32). The lowest BCUT2D eigenvalue weighted by atomic mass is 9.96. The number of carbonyl (C=O) groups is 2. The number of piperidine rings is 1. The predicted molar refractivity (Wildman–Crippen MR) is 122 cm³/mol. The SMILES string of the molecule is CCC(NC(=O)Nc1nc(C2CCN(C(=O)OC(C)(C)C)CC2)nn1C)c1cc(F)ccc1F. The van der Waals surface area contributed by atoms with E-state index in [9.17, 15) is 18.4 Å². The van der Waals surface area contributed by atoms with Crippen molar-refractivity contribution in [1.82, 2.24) is 25.0 Å². The molecular weight excluding hydrogens is 446 g/mol. The molecule has 9 nitrogen and oxygen atoms in total. The monoisotopic (exact) mass is 478 g/mol. The van der Waals surface area contributed by atoms with E-state index in [-0.39, 0.29) is 23.5 Å². The van der Waals surface area contributed by atoms with E-state index in [1.165, 1.54) is 4.68 Å². The van der Waals surface area contributed by atoms with Crippen LogP contribution in [0, 0.1) is 11.6 Å². The molecule has 0 aliphatic carbocycles. The van der Waals surface area contributed by atoms with Gasteiger partial charge in [-0.3, -0.25) is 5.32 Å². The molecule has 2 N–H and O–H groups in total.